The van der Waals surface area contributed by atoms with Crippen molar-refractivity contribution in [2.75, 3.05) is 51.1 Å². The number of carbonyl (C=O) groups excluding carboxylic acids is 2. The summed E-state index contributed by atoms with van der Waals surface area (Å²) in [7, 11) is 0. The number of hydrogen-bond acceptors (Lipinski definition) is 3. The predicted octanol–water partition coefficient (Wildman–Crippen LogP) is 3.82. The van der Waals surface area contributed by atoms with Gasteiger partial charge in [-0.25, -0.2) is 4.79 Å². The van der Waals surface area contributed by atoms with Gasteiger partial charge in [-0.15, -0.1) is 0 Å². The number of anilines is 1. The quantitative estimate of drug-likeness (QED) is 0.796. The van der Waals surface area contributed by atoms with Crippen LogP contribution in [0.25, 0.3) is 0 Å². The Morgan fingerprint density at radius 2 is 1.74 bits per heavy atom. The first-order chi connectivity index (χ1) is 14.8. The van der Waals surface area contributed by atoms with Gasteiger partial charge < -0.3 is 20.0 Å². The maximum absolute atomic E-state index is 13.6. The third-order valence-electron chi connectivity index (χ3n) is 7.86. The molecule has 3 fully saturated rings. The molecule has 31 heavy (non-hydrogen) atoms. The van der Waals surface area contributed by atoms with Crippen molar-refractivity contribution < 1.29 is 9.59 Å². The number of piperidine rings is 1. The Labute approximate surface area is 187 Å². The van der Waals surface area contributed by atoms with Gasteiger partial charge >= 0.3 is 6.03 Å². The summed E-state index contributed by atoms with van der Waals surface area (Å²) in [5, 5.41) is 3.04. The van der Waals surface area contributed by atoms with Crippen molar-refractivity contribution in [1.29, 1.82) is 0 Å². The Kier molecular flexibility index (Phi) is 6.03. The zero-order valence-corrected chi connectivity index (χ0v) is 19.6. The molecule has 3 saturated heterocycles. The summed E-state index contributed by atoms with van der Waals surface area (Å²) in [6.45, 7) is 14.7. The number of benzene rings is 1. The fourth-order valence-corrected chi connectivity index (χ4v) is 6.22. The van der Waals surface area contributed by atoms with Gasteiger partial charge in [-0.05, 0) is 51.2 Å². The van der Waals surface area contributed by atoms with E-state index in [1.54, 1.807) is 0 Å². The van der Waals surface area contributed by atoms with E-state index in [0.717, 1.165) is 57.7 Å². The molecule has 3 heterocycles. The molecule has 0 aliphatic carbocycles. The molecule has 3 amide bonds. The van der Waals surface area contributed by atoms with Crippen molar-refractivity contribution in [3.63, 3.8) is 0 Å². The first kappa shape index (κ1) is 22.1. The van der Waals surface area contributed by atoms with Crippen LogP contribution < -0.4 is 5.32 Å². The van der Waals surface area contributed by atoms with Crippen LogP contribution in [0.3, 0.4) is 0 Å². The summed E-state index contributed by atoms with van der Waals surface area (Å²) in [5.74, 6) is 0.949. The van der Waals surface area contributed by atoms with E-state index in [2.05, 4.69) is 35.9 Å². The summed E-state index contributed by atoms with van der Waals surface area (Å²) in [6, 6.07) is 7.89. The maximum atomic E-state index is 13.6. The molecular formula is C25H38N4O2. The molecule has 1 aromatic rings. The molecule has 1 atom stereocenters. The van der Waals surface area contributed by atoms with Crippen LogP contribution in [0.5, 0.6) is 0 Å². The molecule has 3 aliphatic rings. The van der Waals surface area contributed by atoms with E-state index < -0.39 is 0 Å². The number of fused-ring (bicyclic) bond motifs is 1. The number of aryl methyl sites for hydroxylation is 1. The normalized spacial score (nSPS) is 25.9. The van der Waals surface area contributed by atoms with Gasteiger partial charge in [0.1, 0.15) is 0 Å². The molecule has 170 valence electrons. The van der Waals surface area contributed by atoms with Crippen LogP contribution in [0, 0.1) is 23.7 Å². The van der Waals surface area contributed by atoms with E-state index in [9.17, 15) is 9.59 Å². The molecule has 0 saturated carbocycles. The maximum Gasteiger partial charge on any atom is 0.321 e. The zero-order chi connectivity index (χ0) is 22.2. The number of urea groups is 1. The zero-order valence-electron chi connectivity index (χ0n) is 19.6. The molecule has 3 aliphatic heterocycles. The average molecular weight is 427 g/mol. The number of carbonyl (C=O) groups is 2. The topological polar surface area (TPSA) is 55.9 Å². The number of likely N-dealkylation sites (tertiary alicyclic amines) is 3. The Bertz CT molecular complexity index is 813. The van der Waals surface area contributed by atoms with E-state index >= 15 is 0 Å². The Hall–Kier alpha value is -2.08. The predicted molar refractivity (Wildman–Crippen MR) is 124 cm³/mol. The minimum Gasteiger partial charge on any atom is -0.342 e. The summed E-state index contributed by atoms with van der Waals surface area (Å²) in [5.41, 5.74) is 1.74. The van der Waals surface area contributed by atoms with Gasteiger partial charge in [-0.3, -0.25) is 4.79 Å². The molecule has 0 radical (unpaired) electrons. The molecule has 6 nitrogen and oxygen atoms in total. The van der Waals surface area contributed by atoms with Crippen LogP contribution in [0.15, 0.2) is 24.3 Å². The molecule has 6 heteroatoms. The molecular weight excluding hydrogens is 388 g/mol. The molecule has 2 spiro atoms. The standard InChI is InChI=1S/C25H38N4O2/c1-5-28-15-12-25(22(28)30)18-27(16-19(2)3)17-24(25)10-13-29(14-11-24)23(31)26-21-8-6-20(4)7-9-21/h6-9,19H,5,10-18H2,1-4H3,(H,26,31)/t25-/m1/s1. The summed E-state index contributed by atoms with van der Waals surface area (Å²) >= 11 is 0. The summed E-state index contributed by atoms with van der Waals surface area (Å²) in [6.07, 6.45) is 2.78. The number of nitrogens with zero attached hydrogens (tertiary/aromatic N) is 3. The van der Waals surface area contributed by atoms with Gasteiger partial charge in [0.05, 0.1) is 5.41 Å². The third-order valence-corrected chi connectivity index (χ3v) is 7.86. The van der Waals surface area contributed by atoms with Gasteiger partial charge in [0.2, 0.25) is 5.91 Å². The van der Waals surface area contributed by atoms with Gasteiger partial charge in [0.15, 0.2) is 0 Å². The van der Waals surface area contributed by atoms with Crippen LogP contribution in [-0.4, -0.2) is 72.5 Å². The smallest absolute Gasteiger partial charge is 0.321 e. The summed E-state index contributed by atoms with van der Waals surface area (Å²) < 4.78 is 0. The second-order valence-electron chi connectivity index (χ2n) is 10.3. The van der Waals surface area contributed by atoms with Crippen LogP contribution in [0.1, 0.15) is 45.6 Å². The van der Waals surface area contributed by atoms with Gasteiger partial charge in [0.25, 0.3) is 0 Å². The molecule has 0 bridgehead atoms. The fourth-order valence-electron chi connectivity index (χ4n) is 6.22. The van der Waals surface area contributed by atoms with Crippen LogP contribution in [0.2, 0.25) is 0 Å². The van der Waals surface area contributed by atoms with Gasteiger partial charge in [-0.1, -0.05) is 31.5 Å². The highest BCUT2D eigenvalue weighted by Crippen LogP contribution is 2.57. The largest absolute Gasteiger partial charge is 0.342 e. The minimum atomic E-state index is -0.266. The highest BCUT2D eigenvalue weighted by Gasteiger charge is 2.64. The minimum absolute atomic E-state index is 0.0104. The van der Waals surface area contributed by atoms with E-state index in [1.807, 2.05) is 36.1 Å². The van der Waals surface area contributed by atoms with Gasteiger partial charge in [-0.2, -0.15) is 0 Å². The fraction of sp³-hybridized carbons (Fsp3) is 0.680. The highest BCUT2D eigenvalue weighted by molar-refractivity contribution is 5.90. The molecule has 4 rings (SSSR count). The van der Waals surface area contributed by atoms with Crippen molar-refractivity contribution in [1.82, 2.24) is 14.7 Å². The van der Waals surface area contributed by atoms with Crippen molar-refractivity contribution >= 4 is 17.6 Å². The lowest BCUT2D eigenvalue weighted by atomic mass is 9.60. The van der Waals surface area contributed by atoms with Crippen LogP contribution in [-0.2, 0) is 4.79 Å². The lowest BCUT2D eigenvalue weighted by Crippen LogP contribution is -2.54. The SMILES string of the molecule is CCN1CC[C@@]2(CN(CC(C)C)CC23CCN(C(=O)Nc2ccc(C)cc2)CC3)C1=O. The lowest BCUT2D eigenvalue weighted by Gasteiger charge is -2.47. The van der Waals surface area contributed by atoms with E-state index in [0.29, 0.717) is 24.9 Å². The van der Waals surface area contributed by atoms with Crippen molar-refractivity contribution in [3.05, 3.63) is 29.8 Å². The average Bonchev–Trinajstić information content (AvgIpc) is 3.21. The molecule has 1 N–H and O–H groups in total. The second-order valence-corrected chi connectivity index (χ2v) is 10.3. The van der Waals surface area contributed by atoms with E-state index in [4.69, 9.17) is 0 Å². The first-order valence-corrected chi connectivity index (χ1v) is 11.9. The number of rotatable bonds is 4. The highest BCUT2D eigenvalue weighted by atomic mass is 16.2. The second kappa shape index (κ2) is 8.45. The van der Waals surface area contributed by atoms with Crippen molar-refractivity contribution in [2.45, 2.75) is 47.0 Å². The van der Waals surface area contributed by atoms with Crippen LogP contribution in [0.4, 0.5) is 10.5 Å². The van der Waals surface area contributed by atoms with Crippen molar-refractivity contribution in [2.24, 2.45) is 16.7 Å². The first-order valence-electron chi connectivity index (χ1n) is 11.9. The molecule has 0 aromatic heterocycles. The lowest BCUT2D eigenvalue weighted by molar-refractivity contribution is -0.141. The Balaban J connectivity index is 1.48. The summed E-state index contributed by atoms with van der Waals surface area (Å²) in [4.78, 5) is 32.9. The van der Waals surface area contributed by atoms with Crippen molar-refractivity contribution in [3.8, 4) is 0 Å². The number of hydrogen-bond donors (Lipinski definition) is 1. The number of nitrogens with one attached hydrogen (secondary N) is 1. The monoisotopic (exact) mass is 426 g/mol. The Morgan fingerprint density at radius 3 is 2.32 bits per heavy atom. The molecule has 1 aromatic carbocycles. The number of amides is 3. The van der Waals surface area contributed by atoms with Crippen LogP contribution >= 0.6 is 0 Å². The van der Waals surface area contributed by atoms with Gasteiger partial charge in [0, 0.05) is 56.9 Å². The Morgan fingerprint density at radius 1 is 1.06 bits per heavy atom. The third kappa shape index (κ3) is 3.95. The van der Waals surface area contributed by atoms with E-state index in [1.165, 1.54) is 5.56 Å². The van der Waals surface area contributed by atoms with E-state index in [-0.39, 0.29) is 16.9 Å². The molecule has 0 unspecified atom stereocenters.